The lowest BCUT2D eigenvalue weighted by atomic mass is 10.2. The van der Waals surface area contributed by atoms with Gasteiger partial charge in [0.15, 0.2) is 0 Å². The van der Waals surface area contributed by atoms with E-state index < -0.39 is 0 Å². The number of pyridine rings is 1. The Labute approximate surface area is 139 Å². The zero-order valence-corrected chi connectivity index (χ0v) is 13.4. The van der Waals surface area contributed by atoms with Gasteiger partial charge in [-0.25, -0.2) is 4.98 Å². The number of aromatic nitrogens is 3. The predicted octanol–water partition coefficient (Wildman–Crippen LogP) is 4.37. The van der Waals surface area contributed by atoms with Gasteiger partial charge >= 0.3 is 0 Å². The van der Waals surface area contributed by atoms with Gasteiger partial charge in [0.2, 0.25) is 5.95 Å². The van der Waals surface area contributed by atoms with Crippen LogP contribution in [0, 0.1) is 0 Å². The largest absolute Gasteiger partial charge is 0.354 e. The Morgan fingerprint density at radius 1 is 1.09 bits per heavy atom. The number of rotatable bonds is 5. The number of hydrogen-bond donors (Lipinski definition) is 2. The van der Waals surface area contributed by atoms with Crippen LogP contribution in [0.15, 0.2) is 54.9 Å². The molecule has 5 nitrogen and oxygen atoms in total. The minimum atomic E-state index is 0.574. The Hall–Kier alpha value is -2.66. The van der Waals surface area contributed by atoms with Crippen LogP contribution in [0.2, 0.25) is 5.02 Å². The molecule has 6 heteroatoms. The molecule has 2 heterocycles. The Morgan fingerprint density at radius 2 is 1.91 bits per heavy atom. The quantitative estimate of drug-likeness (QED) is 0.729. The average molecular weight is 326 g/mol. The molecule has 116 valence electrons. The maximum Gasteiger partial charge on any atom is 0.225 e. The molecule has 2 aromatic heterocycles. The van der Waals surface area contributed by atoms with Crippen molar-refractivity contribution in [2.24, 2.45) is 0 Å². The number of nitrogens with zero attached hydrogens (tertiary/aromatic N) is 3. The molecule has 0 aliphatic heterocycles. The van der Waals surface area contributed by atoms with E-state index >= 15 is 0 Å². The van der Waals surface area contributed by atoms with Gasteiger partial charge in [0.05, 0.1) is 5.69 Å². The number of benzene rings is 1. The van der Waals surface area contributed by atoms with Crippen molar-refractivity contribution in [2.75, 3.05) is 17.2 Å². The maximum atomic E-state index is 5.92. The van der Waals surface area contributed by atoms with Gasteiger partial charge in [-0.05, 0) is 43.3 Å². The highest BCUT2D eigenvalue weighted by atomic mass is 35.5. The number of anilines is 3. The predicted molar refractivity (Wildman–Crippen MR) is 94.2 cm³/mol. The van der Waals surface area contributed by atoms with Gasteiger partial charge in [-0.15, -0.1) is 0 Å². The zero-order chi connectivity index (χ0) is 16.1. The molecular formula is C17H16ClN5. The summed E-state index contributed by atoms with van der Waals surface area (Å²) in [7, 11) is 0. The lowest BCUT2D eigenvalue weighted by molar-refractivity contribution is 1.09. The van der Waals surface area contributed by atoms with Crippen molar-refractivity contribution in [3.05, 3.63) is 59.9 Å². The smallest absolute Gasteiger partial charge is 0.225 e. The topological polar surface area (TPSA) is 62.7 Å². The van der Waals surface area contributed by atoms with Crippen LogP contribution in [0.25, 0.3) is 11.3 Å². The average Bonchev–Trinajstić information content (AvgIpc) is 2.58. The highest BCUT2D eigenvalue weighted by molar-refractivity contribution is 6.30. The van der Waals surface area contributed by atoms with Gasteiger partial charge in [-0.1, -0.05) is 11.6 Å². The molecule has 3 rings (SSSR count). The van der Waals surface area contributed by atoms with E-state index in [4.69, 9.17) is 11.6 Å². The van der Waals surface area contributed by atoms with Gasteiger partial charge in [0.1, 0.15) is 5.82 Å². The molecule has 0 saturated heterocycles. The zero-order valence-electron chi connectivity index (χ0n) is 12.6. The summed E-state index contributed by atoms with van der Waals surface area (Å²) in [6.07, 6.45) is 3.52. The van der Waals surface area contributed by atoms with Crippen LogP contribution in [0.3, 0.4) is 0 Å². The van der Waals surface area contributed by atoms with Crippen LogP contribution in [0.1, 0.15) is 6.92 Å². The van der Waals surface area contributed by atoms with Crippen molar-refractivity contribution in [1.29, 1.82) is 0 Å². The van der Waals surface area contributed by atoms with Gasteiger partial charge < -0.3 is 10.6 Å². The molecule has 0 unspecified atom stereocenters. The monoisotopic (exact) mass is 325 g/mol. The van der Waals surface area contributed by atoms with E-state index in [1.807, 2.05) is 49.4 Å². The summed E-state index contributed by atoms with van der Waals surface area (Å²) in [6.45, 7) is 2.75. The molecule has 0 aliphatic carbocycles. The van der Waals surface area contributed by atoms with Gasteiger partial charge in [-0.2, -0.15) is 4.98 Å². The van der Waals surface area contributed by atoms with Gasteiger partial charge in [-0.3, -0.25) is 4.98 Å². The Bertz CT molecular complexity index is 775. The lowest BCUT2D eigenvalue weighted by Gasteiger charge is -2.10. The van der Waals surface area contributed by atoms with E-state index in [9.17, 15) is 0 Å². The third-order valence-corrected chi connectivity index (χ3v) is 3.39. The van der Waals surface area contributed by atoms with Crippen LogP contribution in [-0.4, -0.2) is 21.5 Å². The molecule has 0 atom stereocenters. The molecule has 0 aliphatic rings. The fourth-order valence-electron chi connectivity index (χ4n) is 2.09. The van der Waals surface area contributed by atoms with Crippen molar-refractivity contribution in [3.8, 4) is 11.3 Å². The number of hydrogen-bond acceptors (Lipinski definition) is 5. The van der Waals surface area contributed by atoms with E-state index in [2.05, 4.69) is 25.6 Å². The van der Waals surface area contributed by atoms with E-state index in [0.717, 1.165) is 23.5 Å². The summed E-state index contributed by atoms with van der Waals surface area (Å²) >= 11 is 5.92. The standard InChI is InChI=1S/C17H16ClN5/c1-2-20-17-22-15(12-4-3-9-19-11-12)10-16(23-17)21-14-7-5-13(18)6-8-14/h3-11H,2H2,1H3,(H2,20,21,22,23). The first-order valence-electron chi connectivity index (χ1n) is 7.30. The minimum Gasteiger partial charge on any atom is -0.354 e. The SMILES string of the molecule is CCNc1nc(Nc2ccc(Cl)cc2)cc(-c2cccnc2)n1. The molecule has 1 aromatic carbocycles. The van der Waals surface area contributed by atoms with Crippen LogP contribution < -0.4 is 10.6 Å². The second-order valence-electron chi connectivity index (χ2n) is 4.87. The molecule has 0 saturated carbocycles. The Morgan fingerprint density at radius 3 is 2.61 bits per heavy atom. The van der Waals surface area contributed by atoms with Crippen molar-refractivity contribution in [2.45, 2.75) is 6.92 Å². The normalized spacial score (nSPS) is 10.3. The summed E-state index contributed by atoms with van der Waals surface area (Å²) in [4.78, 5) is 13.1. The summed E-state index contributed by atoms with van der Waals surface area (Å²) < 4.78 is 0. The van der Waals surface area contributed by atoms with E-state index in [1.165, 1.54) is 0 Å². The van der Waals surface area contributed by atoms with Crippen LogP contribution in [-0.2, 0) is 0 Å². The Kier molecular flexibility index (Phi) is 4.68. The van der Waals surface area contributed by atoms with Crippen LogP contribution in [0.4, 0.5) is 17.5 Å². The molecule has 3 aromatic rings. The molecule has 0 radical (unpaired) electrons. The van der Waals surface area contributed by atoms with Crippen LogP contribution in [0.5, 0.6) is 0 Å². The highest BCUT2D eigenvalue weighted by Gasteiger charge is 2.07. The molecule has 0 spiro atoms. The molecule has 0 fully saturated rings. The van der Waals surface area contributed by atoms with Crippen molar-refractivity contribution in [1.82, 2.24) is 15.0 Å². The fourth-order valence-corrected chi connectivity index (χ4v) is 2.22. The molecule has 2 N–H and O–H groups in total. The summed E-state index contributed by atoms with van der Waals surface area (Å²) in [5, 5.41) is 7.12. The summed E-state index contributed by atoms with van der Waals surface area (Å²) in [5.74, 6) is 1.28. The minimum absolute atomic E-state index is 0.574. The first-order valence-corrected chi connectivity index (χ1v) is 7.68. The molecule has 0 amide bonds. The van der Waals surface area contributed by atoms with Gasteiger partial charge in [0.25, 0.3) is 0 Å². The van der Waals surface area contributed by atoms with Crippen molar-refractivity contribution >= 4 is 29.1 Å². The second kappa shape index (κ2) is 7.07. The molecule has 0 bridgehead atoms. The van der Waals surface area contributed by atoms with E-state index in [0.29, 0.717) is 16.8 Å². The highest BCUT2D eigenvalue weighted by Crippen LogP contribution is 2.23. The third kappa shape index (κ3) is 3.96. The first kappa shape index (κ1) is 15.2. The van der Waals surface area contributed by atoms with Crippen LogP contribution >= 0.6 is 11.6 Å². The van der Waals surface area contributed by atoms with Crippen molar-refractivity contribution < 1.29 is 0 Å². The van der Waals surface area contributed by atoms with Crippen molar-refractivity contribution in [3.63, 3.8) is 0 Å². The molecular weight excluding hydrogens is 310 g/mol. The lowest BCUT2D eigenvalue weighted by Crippen LogP contribution is -2.05. The first-order chi connectivity index (χ1) is 11.2. The number of halogens is 1. The fraction of sp³-hybridized carbons (Fsp3) is 0.118. The summed E-state index contributed by atoms with van der Waals surface area (Å²) in [6, 6.07) is 13.2. The van der Waals surface area contributed by atoms with E-state index in [-0.39, 0.29) is 0 Å². The summed E-state index contributed by atoms with van der Waals surface area (Å²) in [5.41, 5.74) is 2.65. The molecule has 23 heavy (non-hydrogen) atoms. The number of nitrogens with one attached hydrogen (secondary N) is 2. The Balaban J connectivity index is 1.95. The second-order valence-corrected chi connectivity index (χ2v) is 5.30. The van der Waals surface area contributed by atoms with E-state index in [1.54, 1.807) is 12.4 Å². The van der Waals surface area contributed by atoms with Gasteiger partial charge in [0, 0.05) is 41.3 Å². The maximum absolute atomic E-state index is 5.92. The third-order valence-electron chi connectivity index (χ3n) is 3.13.